The molecule has 0 amide bonds. The highest BCUT2D eigenvalue weighted by atomic mass is 16.5. The van der Waals surface area contributed by atoms with E-state index in [0.717, 1.165) is 18.4 Å². The fourth-order valence-electron chi connectivity index (χ4n) is 3.99. The van der Waals surface area contributed by atoms with Gasteiger partial charge in [0.1, 0.15) is 0 Å². The van der Waals surface area contributed by atoms with Crippen molar-refractivity contribution in [2.24, 2.45) is 17.8 Å². The Morgan fingerprint density at radius 1 is 1.35 bits per heavy atom. The van der Waals surface area contributed by atoms with Gasteiger partial charge < -0.3 is 4.74 Å². The zero-order valence-electron chi connectivity index (χ0n) is 11.0. The summed E-state index contributed by atoms with van der Waals surface area (Å²) in [5, 5.41) is 0. The highest BCUT2D eigenvalue weighted by Gasteiger charge is 2.40. The van der Waals surface area contributed by atoms with Crippen molar-refractivity contribution in [3.8, 4) is 0 Å². The average Bonchev–Trinajstić information content (AvgIpc) is 2.34. The van der Waals surface area contributed by atoms with E-state index in [1.165, 1.54) is 44.1 Å². The largest absolute Gasteiger partial charge is 0.377 e. The van der Waals surface area contributed by atoms with Gasteiger partial charge in [0.25, 0.3) is 0 Å². The third kappa shape index (κ3) is 2.22. The topological polar surface area (TPSA) is 9.23 Å². The maximum Gasteiger partial charge on any atom is 0.0671 e. The van der Waals surface area contributed by atoms with Crippen LogP contribution in [0.1, 0.15) is 45.4 Å². The number of rotatable bonds is 1. The quantitative estimate of drug-likeness (QED) is 0.618. The number of hydrogen-bond donors (Lipinski definition) is 0. The molecule has 2 fully saturated rings. The first-order chi connectivity index (χ1) is 8.24. The molecule has 0 N–H and O–H groups in total. The maximum atomic E-state index is 6.22. The van der Waals surface area contributed by atoms with Crippen LogP contribution in [0.2, 0.25) is 0 Å². The molecule has 1 nitrogen and oxygen atoms in total. The molecule has 4 atom stereocenters. The molecule has 1 aliphatic heterocycles. The van der Waals surface area contributed by atoms with Gasteiger partial charge >= 0.3 is 0 Å². The number of fused-ring (bicyclic) bond motifs is 2. The molecule has 0 radical (unpaired) electrons. The van der Waals surface area contributed by atoms with Crippen LogP contribution in [0.25, 0.3) is 0 Å². The van der Waals surface area contributed by atoms with E-state index in [0.29, 0.717) is 12.0 Å². The summed E-state index contributed by atoms with van der Waals surface area (Å²) in [4.78, 5) is 0. The Balaban J connectivity index is 1.74. The fourth-order valence-corrected chi connectivity index (χ4v) is 3.99. The van der Waals surface area contributed by atoms with Crippen molar-refractivity contribution in [3.63, 3.8) is 0 Å². The molecule has 0 aromatic heterocycles. The van der Waals surface area contributed by atoms with Gasteiger partial charge in [-0.15, -0.1) is 0 Å². The van der Waals surface area contributed by atoms with Gasteiger partial charge in [-0.05, 0) is 57.3 Å². The molecule has 17 heavy (non-hydrogen) atoms. The predicted molar refractivity (Wildman–Crippen MR) is 70.8 cm³/mol. The van der Waals surface area contributed by atoms with E-state index in [4.69, 9.17) is 4.74 Å². The molecule has 2 aliphatic carbocycles. The molecular weight excluding hydrogens is 208 g/mol. The standard InChI is InChI=1S/C16H24O/c1-11-4-3-5-14(8-11)16-15-9-13(10-17-16)7-6-12(15)2/h4,13-16H,2-3,5-10H2,1H3/t13-,14+,15+,16+/m1/s1. The van der Waals surface area contributed by atoms with Crippen LogP contribution in [0, 0.1) is 17.8 Å². The molecule has 94 valence electrons. The molecule has 3 rings (SSSR count). The van der Waals surface area contributed by atoms with E-state index in [-0.39, 0.29) is 0 Å². The molecule has 1 heteroatoms. The van der Waals surface area contributed by atoms with E-state index >= 15 is 0 Å². The van der Waals surface area contributed by atoms with E-state index in [1.54, 1.807) is 5.57 Å². The van der Waals surface area contributed by atoms with Gasteiger partial charge in [-0.2, -0.15) is 0 Å². The Kier molecular flexibility index (Phi) is 3.12. The fraction of sp³-hybridized carbons (Fsp3) is 0.750. The Morgan fingerprint density at radius 3 is 3.06 bits per heavy atom. The monoisotopic (exact) mass is 232 g/mol. The SMILES string of the molecule is C=C1CC[C@H]2CO[C@@H]([C@H]3CCC=C(C)C3)[C@H]1C2. The first-order valence-corrected chi connectivity index (χ1v) is 7.19. The van der Waals surface area contributed by atoms with Crippen LogP contribution in [0.3, 0.4) is 0 Å². The summed E-state index contributed by atoms with van der Waals surface area (Å²) < 4.78 is 6.22. The van der Waals surface area contributed by atoms with Gasteiger partial charge in [0.2, 0.25) is 0 Å². The summed E-state index contributed by atoms with van der Waals surface area (Å²) in [5.41, 5.74) is 3.03. The van der Waals surface area contributed by atoms with Crippen LogP contribution in [-0.2, 0) is 4.74 Å². The second-order valence-electron chi connectivity index (χ2n) is 6.30. The number of ether oxygens (including phenoxy) is 1. The summed E-state index contributed by atoms with van der Waals surface area (Å²) in [5.74, 6) is 2.24. The molecule has 0 unspecified atom stereocenters. The summed E-state index contributed by atoms with van der Waals surface area (Å²) in [6.07, 6.45) is 10.6. The van der Waals surface area contributed by atoms with Crippen LogP contribution < -0.4 is 0 Å². The molecule has 0 spiro atoms. The van der Waals surface area contributed by atoms with Crippen molar-refractivity contribution >= 4 is 0 Å². The third-order valence-corrected chi connectivity index (χ3v) is 4.99. The third-order valence-electron chi connectivity index (χ3n) is 4.99. The Hall–Kier alpha value is -0.560. The summed E-state index contributed by atoms with van der Waals surface area (Å²) >= 11 is 0. The lowest BCUT2D eigenvalue weighted by Gasteiger charge is -2.45. The first-order valence-electron chi connectivity index (χ1n) is 7.19. The minimum absolute atomic E-state index is 0.475. The lowest BCUT2D eigenvalue weighted by molar-refractivity contribution is -0.0881. The highest BCUT2D eigenvalue weighted by Crippen LogP contribution is 2.44. The van der Waals surface area contributed by atoms with Gasteiger partial charge in [0.15, 0.2) is 0 Å². The van der Waals surface area contributed by atoms with Crippen LogP contribution >= 0.6 is 0 Å². The van der Waals surface area contributed by atoms with Gasteiger partial charge in [-0.25, -0.2) is 0 Å². The summed E-state index contributed by atoms with van der Waals surface area (Å²) in [7, 11) is 0. The highest BCUT2D eigenvalue weighted by molar-refractivity contribution is 5.13. The lowest BCUT2D eigenvalue weighted by Crippen LogP contribution is -2.43. The average molecular weight is 232 g/mol. The van der Waals surface area contributed by atoms with Crippen LogP contribution in [0.15, 0.2) is 23.8 Å². The smallest absolute Gasteiger partial charge is 0.0671 e. The molecule has 0 aromatic carbocycles. The maximum absolute atomic E-state index is 6.22. The van der Waals surface area contributed by atoms with Crippen molar-refractivity contribution in [2.75, 3.05) is 6.61 Å². The van der Waals surface area contributed by atoms with Gasteiger partial charge in [-0.3, -0.25) is 0 Å². The molecule has 0 aromatic rings. The Bertz CT molecular complexity index is 341. The zero-order valence-corrected chi connectivity index (χ0v) is 11.0. The lowest BCUT2D eigenvalue weighted by atomic mass is 9.69. The summed E-state index contributed by atoms with van der Waals surface area (Å²) in [6.45, 7) is 7.58. The molecular formula is C16H24O. The molecule has 2 bridgehead atoms. The second kappa shape index (κ2) is 4.61. The normalized spacial score (nSPS) is 42.2. The Labute approximate surface area is 105 Å². The van der Waals surface area contributed by atoms with Crippen molar-refractivity contribution < 1.29 is 4.74 Å². The number of hydrogen-bond acceptors (Lipinski definition) is 1. The van der Waals surface area contributed by atoms with Crippen LogP contribution in [-0.4, -0.2) is 12.7 Å². The van der Waals surface area contributed by atoms with Crippen molar-refractivity contribution in [1.29, 1.82) is 0 Å². The minimum atomic E-state index is 0.475. The predicted octanol–water partition coefficient (Wildman–Crippen LogP) is 4.10. The molecule has 3 aliphatic rings. The van der Waals surface area contributed by atoms with Crippen LogP contribution in [0.5, 0.6) is 0 Å². The first kappa shape index (κ1) is 11.5. The number of allylic oxidation sites excluding steroid dienone is 2. The summed E-state index contributed by atoms with van der Waals surface area (Å²) in [6, 6.07) is 0. The molecule has 1 heterocycles. The van der Waals surface area contributed by atoms with E-state index in [2.05, 4.69) is 19.6 Å². The van der Waals surface area contributed by atoms with Crippen molar-refractivity contribution in [3.05, 3.63) is 23.8 Å². The van der Waals surface area contributed by atoms with E-state index in [9.17, 15) is 0 Å². The van der Waals surface area contributed by atoms with Crippen molar-refractivity contribution in [1.82, 2.24) is 0 Å². The second-order valence-corrected chi connectivity index (χ2v) is 6.30. The van der Waals surface area contributed by atoms with E-state index < -0.39 is 0 Å². The zero-order chi connectivity index (χ0) is 11.8. The van der Waals surface area contributed by atoms with Gasteiger partial charge in [0, 0.05) is 12.5 Å². The van der Waals surface area contributed by atoms with Crippen molar-refractivity contribution in [2.45, 2.75) is 51.6 Å². The molecule has 1 saturated carbocycles. The molecule has 1 saturated heterocycles. The van der Waals surface area contributed by atoms with Gasteiger partial charge in [-0.1, -0.05) is 23.8 Å². The van der Waals surface area contributed by atoms with E-state index in [1.807, 2.05) is 0 Å². The van der Waals surface area contributed by atoms with Crippen LogP contribution in [0.4, 0.5) is 0 Å². The van der Waals surface area contributed by atoms with Gasteiger partial charge in [0.05, 0.1) is 6.10 Å². The Morgan fingerprint density at radius 2 is 2.24 bits per heavy atom. The minimum Gasteiger partial charge on any atom is -0.377 e.